The van der Waals surface area contributed by atoms with Crippen molar-refractivity contribution in [2.24, 2.45) is 0 Å². The Hall–Kier alpha value is -7.10. The maximum absolute atomic E-state index is 7.51. The van der Waals surface area contributed by atoms with E-state index in [9.17, 15) is 0 Å². The van der Waals surface area contributed by atoms with Crippen molar-refractivity contribution in [1.29, 1.82) is 0 Å². The van der Waals surface area contributed by atoms with E-state index >= 15 is 0 Å². The molecule has 1 atom stereocenters. The number of benzene rings is 8. The minimum absolute atomic E-state index is 0.310. The summed E-state index contributed by atoms with van der Waals surface area (Å²) in [7, 11) is 29.0. The average Bonchev–Trinajstić information content (AvgIpc) is 3.80. The van der Waals surface area contributed by atoms with Crippen LogP contribution >= 0.6 is 0 Å². The summed E-state index contributed by atoms with van der Waals surface area (Å²) in [5, 5.41) is 9.05. The van der Waals surface area contributed by atoms with Gasteiger partial charge in [0.1, 0.15) is 42.9 Å². The van der Waals surface area contributed by atoms with Gasteiger partial charge in [-0.2, -0.15) is 0 Å². The van der Waals surface area contributed by atoms with E-state index in [1.54, 1.807) is 6.20 Å². The van der Waals surface area contributed by atoms with Crippen LogP contribution in [-0.2, 0) is 0 Å². The summed E-state index contributed by atoms with van der Waals surface area (Å²) in [5.74, 6) is 1.08. The van der Waals surface area contributed by atoms with E-state index in [0.29, 0.717) is 38.9 Å². The molecule has 1 unspecified atom stereocenters. The zero-order chi connectivity index (χ0) is 41.1. The van der Waals surface area contributed by atoms with Crippen molar-refractivity contribution in [3.63, 3.8) is 0 Å². The third kappa shape index (κ3) is 5.16. The van der Waals surface area contributed by atoms with E-state index in [2.05, 4.69) is 110 Å². The Morgan fingerprint density at radius 3 is 1.84 bits per heavy atom. The molecule has 274 valence electrons. The molecule has 61 heavy (non-hydrogen) atoms. The van der Waals surface area contributed by atoms with Crippen LogP contribution in [0.4, 0.5) is 0 Å². The van der Waals surface area contributed by atoms with Gasteiger partial charge in [-0.15, -0.1) is 5.47 Å². The maximum Gasteiger partial charge on any atom is 0.143 e. The molecule has 8 aromatic carbocycles. The van der Waals surface area contributed by atoms with Crippen LogP contribution in [0.2, 0.25) is 0 Å². The molecule has 0 fully saturated rings. The summed E-state index contributed by atoms with van der Waals surface area (Å²) in [6, 6.07) is 52.4. The molecule has 0 aliphatic heterocycles. The van der Waals surface area contributed by atoms with Gasteiger partial charge in [0.25, 0.3) is 0 Å². The van der Waals surface area contributed by atoms with Crippen molar-refractivity contribution in [2.75, 3.05) is 0 Å². The summed E-state index contributed by atoms with van der Waals surface area (Å²) < 4.78 is 7.37. The van der Waals surface area contributed by atoms with Crippen LogP contribution in [0.1, 0.15) is 24.0 Å². The fourth-order valence-corrected chi connectivity index (χ4v) is 9.92. The van der Waals surface area contributed by atoms with E-state index < -0.39 is 0 Å². The molecule has 0 saturated carbocycles. The first kappa shape index (κ1) is 35.8. The molecule has 7 heteroatoms. The number of aromatic nitrogens is 2. The predicted octanol–water partition coefficient (Wildman–Crippen LogP) is 11.3. The van der Waals surface area contributed by atoms with Gasteiger partial charge < -0.3 is 4.42 Å². The van der Waals surface area contributed by atoms with Crippen molar-refractivity contribution >= 4 is 102 Å². The van der Waals surface area contributed by atoms with Crippen molar-refractivity contribution in [3.05, 3.63) is 174 Å². The van der Waals surface area contributed by atoms with Crippen LogP contribution in [0.5, 0.6) is 0 Å². The van der Waals surface area contributed by atoms with Gasteiger partial charge in [0.05, 0.1) is 16.7 Å². The highest BCUT2D eigenvalue weighted by Crippen LogP contribution is 2.54. The largest absolute Gasteiger partial charge is 0.455 e. The Bertz CT molecular complexity index is 3640. The smallest absolute Gasteiger partial charge is 0.143 e. The third-order valence-corrected chi connectivity index (χ3v) is 12.8. The van der Waals surface area contributed by atoms with E-state index in [-0.39, 0.29) is 5.92 Å². The summed E-state index contributed by atoms with van der Waals surface area (Å²) in [6.07, 6.45) is 1.79. The lowest BCUT2D eigenvalue weighted by atomic mass is 9.67. The zero-order valence-corrected chi connectivity index (χ0v) is 33.2. The van der Waals surface area contributed by atoms with Crippen molar-refractivity contribution < 1.29 is 4.42 Å². The topological polar surface area (TPSA) is 38.9 Å². The van der Waals surface area contributed by atoms with Crippen molar-refractivity contribution in [3.8, 4) is 56.2 Å². The molecule has 0 spiro atoms. The SMILES string of the molecule is [B]C1=C([B])C(C)c2c1c(-c1ccc3ccc4cccnc4c3n1)c([B])c([B])c2-c1c(-c2ccccc2)oc(-c2ccc3ccc4cccc5ccc2c3c45)c1-c1ccccc1. The van der Waals surface area contributed by atoms with Gasteiger partial charge in [-0.1, -0.05) is 157 Å². The molecule has 0 N–H and O–H groups in total. The van der Waals surface area contributed by atoms with Crippen molar-refractivity contribution in [2.45, 2.75) is 12.8 Å². The normalized spacial score (nSPS) is 14.0. The van der Waals surface area contributed by atoms with E-state index in [0.717, 1.165) is 77.5 Å². The molecule has 12 rings (SSSR count). The van der Waals surface area contributed by atoms with E-state index in [1.165, 1.54) is 26.9 Å². The van der Waals surface area contributed by atoms with Crippen LogP contribution < -0.4 is 10.9 Å². The van der Waals surface area contributed by atoms with Crippen LogP contribution in [0.3, 0.4) is 0 Å². The second kappa shape index (κ2) is 13.5. The molecule has 3 heterocycles. The average molecular weight is 766 g/mol. The lowest BCUT2D eigenvalue weighted by molar-refractivity contribution is 0.599. The Kier molecular flexibility index (Phi) is 7.90. The van der Waals surface area contributed by atoms with Crippen molar-refractivity contribution in [1.82, 2.24) is 9.97 Å². The highest BCUT2D eigenvalue weighted by atomic mass is 16.3. The van der Waals surface area contributed by atoms with Gasteiger partial charge in [-0.25, -0.2) is 4.98 Å². The molecule has 0 amide bonds. The molecule has 1 aliphatic rings. The summed E-state index contributed by atoms with van der Waals surface area (Å²) in [5.41, 5.74) is 11.5. The Morgan fingerprint density at radius 2 is 1.08 bits per heavy atom. The van der Waals surface area contributed by atoms with Gasteiger partial charge in [-0.3, -0.25) is 4.98 Å². The van der Waals surface area contributed by atoms with Crippen LogP contribution in [0.15, 0.2) is 168 Å². The molecular formula is C54H30B4N2O. The minimum atomic E-state index is -0.310. The molecule has 11 aromatic rings. The van der Waals surface area contributed by atoms with Gasteiger partial charge >= 0.3 is 0 Å². The lowest BCUT2D eigenvalue weighted by Gasteiger charge is -2.25. The molecule has 1 aliphatic carbocycles. The second-order valence-corrected chi connectivity index (χ2v) is 16.1. The number of hydrogen-bond acceptors (Lipinski definition) is 3. The number of hydrogen-bond donors (Lipinski definition) is 0. The van der Waals surface area contributed by atoms with Crippen LogP contribution in [0, 0.1) is 0 Å². The summed E-state index contributed by atoms with van der Waals surface area (Å²) >= 11 is 0. The molecule has 3 aromatic heterocycles. The van der Waals surface area contributed by atoms with Gasteiger partial charge in [0, 0.05) is 39.2 Å². The maximum atomic E-state index is 7.51. The Labute approximate surface area is 358 Å². The second-order valence-electron chi connectivity index (χ2n) is 16.1. The molecule has 8 radical (unpaired) electrons. The highest BCUT2D eigenvalue weighted by Gasteiger charge is 2.36. The van der Waals surface area contributed by atoms with Gasteiger partial charge in [0.2, 0.25) is 0 Å². The zero-order valence-electron chi connectivity index (χ0n) is 33.2. The van der Waals surface area contributed by atoms with Crippen LogP contribution in [0.25, 0.3) is 116 Å². The quantitative estimate of drug-likeness (QED) is 0.129. The van der Waals surface area contributed by atoms with E-state index in [1.807, 2.05) is 48.5 Å². The molecule has 0 saturated heterocycles. The lowest BCUT2D eigenvalue weighted by Crippen LogP contribution is -2.32. The molecule has 0 bridgehead atoms. The minimum Gasteiger partial charge on any atom is -0.455 e. The molecule has 3 nitrogen and oxygen atoms in total. The summed E-state index contributed by atoms with van der Waals surface area (Å²) in [4.78, 5) is 9.96. The monoisotopic (exact) mass is 766 g/mol. The number of furan rings is 1. The number of nitrogens with zero attached hydrogens (tertiary/aromatic N) is 2. The number of allylic oxidation sites excluding steroid dienone is 1. The van der Waals surface area contributed by atoms with Gasteiger partial charge in [-0.05, 0) is 84.3 Å². The highest BCUT2D eigenvalue weighted by molar-refractivity contribution is 6.56. The predicted molar refractivity (Wildman–Crippen MR) is 258 cm³/mol. The standard InChI is InChI=1S/C54H30B4N2O/c1-28-39-44(49(57)47(28)55)43(38-26-23-34-20-19-33-16-9-27-59-51(33)52(34)60-38)48(56)50(58)45(39)46-42(29-10-4-2-5-11-29)54(61-53(46)35-12-6-3-7-13-35)37-25-22-32-18-17-30-14-8-15-31-21-24-36(37)41(32)40(30)31/h2-28H,1H3. The number of rotatable bonds is 5. The third-order valence-electron chi connectivity index (χ3n) is 12.8. The van der Waals surface area contributed by atoms with Gasteiger partial charge in [0.15, 0.2) is 0 Å². The first-order valence-electron chi connectivity index (χ1n) is 20.5. The first-order valence-corrected chi connectivity index (χ1v) is 20.5. The first-order chi connectivity index (χ1) is 29.9. The summed E-state index contributed by atoms with van der Waals surface area (Å²) in [6.45, 7) is 2.08. The number of pyridine rings is 2. The Morgan fingerprint density at radius 1 is 0.475 bits per heavy atom. The fraction of sp³-hybridized carbons (Fsp3) is 0.0370. The Balaban J connectivity index is 1.21. The molecular weight excluding hydrogens is 736 g/mol. The fourth-order valence-electron chi connectivity index (χ4n) is 9.92. The van der Waals surface area contributed by atoms with Crippen LogP contribution in [-0.4, -0.2) is 41.4 Å². The van der Waals surface area contributed by atoms with E-state index in [4.69, 9.17) is 45.8 Å². The number of fused-ring (bicyclic) bond motifs is 4.